The highest BCUT2D eigenvalue weighted by molar-refractivity contribution is 5.59. The molecule has 0 fully saturated rings. The average molecular weight is 325 g/mol. The monoisotopic (exact) mass is 325 g/mol. The number of ether oxygens (including phenoxy) is 1. The largest absolute Gasteiger partial charge is 0.492 e. The third-order valence-corrected chi connectivity index (χ3v) is 4.32. The van der Waals surface area contributed by atoms with E-state index in [0.29, 0.717) is 0 Å². The van der Waals surface area contributed by atoms with Crippen LogP contribution in [0.3, 0.4) is 0 Å². The van der Waals surface area contributed by atoms with E-state index >= 15 is 0 Å². The standard InChI is InChI=1S/C22H31NO/c1-3-5-7-8-9-17-24-21-15-16-22(23-18-21)20-13-11-19(12-14-20)10-6-4-2/h11-16,18H,3-10,17H2,1-2H3. The van der Waals surface area contributed by atoms with Gasteiger partial charge in [-0.3, -0.25) is 4.98 Å². The molecule has 0 N–H and O–H groups in total. The first-order valence-electron chi connectivity index (χ1n) is 9.51. The Hall–Kier alpha value is -1.83. The van der Waals surface area contributed by atoms with E-state index in [1.807, 2.05) is 18.3 Å². The Labute approximate surface area is 147 Å². The molecule has 0 saturated carbocycles. The van der Waals surface area contributed by atoms with Gasteiger partial charge < -0.3 is 4.74 Å². The Kier molecular flexibility index (Phi) is 8.37. The molecule has 0 radical (unpaired) electrons. The number of unbranched alkanes of at least 4 members (excludes halogenated alkanes) is 5. The minimum Gasteiger partial charge on any atom is -0.492 e. The topological polar surface area (TPSA) is 22.1 Å². The van der Waals surface area contributed by atoms with Gasteiger partial charge in [-0.05, 0) is 37.0 Å². The van der Waals surface area contributed by atoms with Crippen molar-refractivity contribution < 1.29 is 4.74 Å². The van der Waals surface area contributed by atoms with Crippen LogP contribution in [0.2, 0.25) is 0 Å². The second-order valence-electron chi connectivity index (χ2n) is 6.44. The van der Waals surface area contributed by atoms with Crippen LogP contribution in [0.15, 0.2) is 42.6 Å². The molecule has 0 unspecified atom stereocenters. The molecule has 130 valence electrons. The maximum atomic E-state index is 5.78. The van der Waals surface area contributed by atoms with Crippen LogP contribution in [-0.2, 0) is 6.42 Å². The van der Waals surface area contributed by atoms with Crippen molar-refractivity contribution in [3.05, 3.63) is 48.2 Å². The summed E-state index contributed by atoms with van der Waals surface area (Å²) in [6, 6.07) is 12.8. The molecular formula is C22H31NO. The van der Waals surface area contributed by atoms with Gasteiger partial charge in [0.15, 0.2) is 0 Å². The summed E-state index contributed by atoms with van der Waals surface area (Å²) in [6.45, 7) is 5.26. The number of rotatable bonds is 11. The van der Waals surface area contributed by atoms with Crippen LogP contribution in [0, 0.1) is 0 Å². The predicted octanol–water partition coefficient (Wildman–Crippen LogP) is 6.44. The fraction of sp³-hybridized carbons (Fsp3) is 0.500. The van der Waals surface area contributed by atoms with Gasteiger partial charge in [-0.25, -0.2) is 0 Å². The molecule has 2 rings (SSSR count). The van der Waals surface area contributed by atoms with E-state index in [2.05, 4.69) is 43.1 Å². The molecule has 0 aliphatic heterocycles. The predicted molar refractivity (Wildman–Crippen MR) is 103 cm³/mol. The van der Waals surface area contributed by atoms with E-state index < -0.39 is 0 Å². The highest BCUT2D eigenvalue weighted by Gasteiger charge is 2.01. The van der Waals surface area contributed by atoms with Crippen molar-refractivity contribution in [3.8, 4) is 17.0 Å². The second kappa shape index (κ2) is 10.9. The molecule has 2 heteroatoms. The van der Waals surface area contributed by atoms with E-state index in [1.165, 1.54) is 49.7 Å². The lowest BCUT2D eigenvalue weighted by molar-refractivity contribution is 0.303. The van der Waals surface area contributed by atoms with Gasteiger partial charge in [0.05, 0.1) is 18.5 Å². The number of nitrogens with zero attached hydrogens (tertiary/aromatic N) is 1. The first-order valence-corrected chi connectivity index (χ1v) is 9.51. The van der Waals surface area contributed by atoms with Gasteiger partial charge in [-0.15, -0.1) is 0 Å². The minimum atomic E-state index is 0.789. The average Bonchev–Trinajstić information content (AvgIpc) is 2.64. The number of hydrogen-bond donors (Lipinski definition) is 0. The van der Waals surface area contributed by atoms with E-state index in [4.69, 9.17) is 4.74 Å². The summed E-state index contributed by atoms with van der Waals surface area (Å²) in [6.07, 6.45) is 11.8. The van der Waals surface area contributed by atoms with E-state index in [1.54, 1.807) is 0 Å². The van der Waals surface area contributed by atoms with Crippen LogP contribution in [0.1, 0.15) is 64.4 Å². The van der Waals surface area contributed by atoms with E-state index in [-0.39, 0.29) is 0 Å². The lowest BCUT2D eigenvalue weighted by Gasteiger charge is -2.07. The summed E-state index contributed by atoms with van der Waals surface area (Å²) >= 11 is 0. The molecule has 0 bridgehead atoms. The third-order valence-electron chi connectivity index (χ3n) is 4.32. The van der Waals surface area contributed by atoms with Crippen molar-refractivity contribution in [1.82, 2.24) is 4.98 Å². The molecule has 1 aromatic heterocycles. The molecule has 0 spiro atoms. The Morgan fingerprint density at radius 2 is 1.54 bits per heavy atom. The molecule has 0 aliphatic rings. The molecule has 1 aromatic carbocycles. The molecule has 2 aromatic rings. The maximum Gasteiger partial charge on any atom is 0.137 e. The SMILES string of the molecule is CCCCCCCOc1ccc(-c2ccc(CCCC)cc2)nc1. The normalized spacial score (nSPS) is 10.8. The lowest BCUT2D eigenvalue weighted by Crippen LogP contribution is -1.98. The molecule has 0 aliphatic carbocycles. The molecular weight excluding hydrogens is 294 g/mol. The van der Waals surface area contributed by atoms with E-state index in [0.717, 1.165) is 30.9 Å². The van der Waals surface area contributed by atoms with Gasteiger partial charge in [0.1, 0.15) is 5.75 Å². The lowest BCUT2D eigenvalue weighted by atomic mass is 10.0. The zero-order valence-corrected chi connectivity index (χ0v) is 15.3. The minimum absolute atomic E-state index is 0.789. The molecule has 24 heavy (non-hydrogen) atoms. The number of pyridine rings is 1. The number of aromatic nitrogens is 1. The van der Waals surface area contributed by atoms with Gasteiger partial charge in [0.25, 0.3) is 0 Å². The Morgan fingerprint density at radius 3 is 2.21 bits per heavy atom. The van der Waals surface area contributed by atoms with Crippen molar-refractivity contribution in [3.63, 3.8) is 0 Å². The van der Waals surface area contributed by atoms with Crippen LogP contribution in [0.5, 0.6) is 5.75 Å². The fourth-order valence-corrected chi connectivity index (χ4v) is 2.76. The molecule has 0 saturated heterocycles. The highest BCUT2D eigenvalue weighted by atomic mass is 16.5. The Bertz CT molecular complexity index is 560. The summed E-state index contributed by atoms with van der Waals surface area (Å²) in [5, 5.41) is 0. The van der Waals surface area contributed by atoms with Crippen molar-refractivity contribution in [2.75, 3.05) is 6.61 Å². The summed E-state index contributed by atoms with van der Waals surface area (Å²) < 4.78 is 5.78. The fourth-order valence-electron chi connectivity index (χ4n) is 2.76. The first-order chi connectivity index (χ1) is 11.8. The van der Waals surface area contributed by atoms with Crippen LogP contribution in [0.4, 0.5) is 0 Å². The summed E-state index contributed by atoms with van der Waals surface area (Å²) in [5.41, 5.74) is 3.58. The number of aryl methyl sites for hydroxylation is 1. The number of benzene rings is 1. The molecule has 0 atom stereocenters. The second-order valence-corrected chi connectivity index (χ2v) is 6.44. The Balaban J connectivity index is 1.80. The third kappa shape index (κ3) is 6.35. The van der Waals surface area contributed by atoms with Crippen LogP contribution < -0.4 is 4.74 Å². The summed E-state index contributed by atoms with van der Waals surface area (Å²) in [4.78, 5) is 4.54. The van der Waals surface area contributed by atoms with Crippen LogP contribution in [0.25, 0.3) is 11.3 Å². The summed E-state index contributed by atoms with van der Waals surface area (Å²) in [5.74, 6) is 0.869. The quantitative estimate of drug-likeness (QED) is 0.443. The zero-order valence-electron chi connectivity index (χ0n) is 15.3. The first kappa shape index (κ1) is 18.5. The van der Waals surface area contributed by atoms with Crippen LogP contribution in [-0.4, -0.2) is 11.6 Å². The van der Waals surface area contributed by atoms with Crippen LogP contribution >= 0.6 is 0 Å². The van der Waals surface area contributed by atoms with Gasteiger partial charge in [-0.1, -0.05) is 70.2 Å². The van der Waals surface area contributed by atoms with Crippen molar-refractivity contribution in [1.29, 1.82) is 0 Å². The van der Waals surface area contributed by atoms with Crippen molar-refractivity contribution >= 4 is 0 Å². The van der Waals surface area contributed by atoms with Crippen molar-refractivity contribution in [2.45, 2.75) is 65.2 Å². The van der Waals surface area contributed by atoms with Gasteiger partial charge in [0, 0.05) is 5.56 Å². The van der Waals surface area contributed by atoms with Gasteiger partial charge in [0.2, 0.25) is 0 Å². The maximum absolute atomic E-state index is 5.78. The Morgan fingerprint density at radius 1 is 0.792 bits per heavy atom. The molecule has 0 amide bonds. The van der Waals surface area contributed by atoms with Crippen molar-refractivity contribution in [2.24, 2.45) is 0 Å². The molecule has 2 nitrogen and oxygen atoms in total. The summed E-state index contributed by atoms with van der Waals surface area (Å²) in [7, 11) is 0. The number of hydrogen-bond acceptors (Lipinski definition) is 2. The van der Waals surface area contributed by atoms with Gasteiger partial charge >= 0.3 is 0 Å². The zero-order chi connectivity index (χ0) is 17.0. The smallest absolute Gasteiger partial charge is 0.137 e. The highest BCUT2D eigenvalue weighted by Crippen LogP contribution is 2.21. The van der Waals surface area contributed by atoms with Gasteiger partial charge in [-0.2, -0.15) is 0 Å². The van der Waals surface area contributed by atoms with E-state index in [9.17, 15) is 0 Å². The molecule has 1 heterocycles.